The molecule has 3 atom stereocenters. The molecule has 4 nitrogen and oxygen atoms in total. The van der Waals surface area contributed by atoms with Crippen LogP contribution in [0, 0.1) is 0 Å². The minimum atomic E-state index is -0.808. The molecule has 80 valence electrons. The molecule has 13 heavy (non-hydrogen) atoms. The summed E-state index contributed by atoms with van der Waals surface area (Å²) >= 11 is 0. The molecule has 0 aromatic carbocycles. The van der Waals surface area contributed by atoms with Crippen LogP contribution in [0.5, 0.6) is 0 Å². The highest BCUT2D eigenvalue weighted by Gasteiger charge is 2.14. The number of aliphatic hydroxyl groups is 2. The Kier molecular flexibility index (Phi) is 7.17. The van der Waals surface area contributed by atoms with Crippen molar-refractivity contribution in [1.29, 1.82) is 0 Å². The second-order valence-electron chi connectivity index (χ2n) is 3.22. The largest absolute Gasteiger partial charge is 0.379 e. The topological polar surface area (TPSA) is 61.7 Å². The first-order valence-corrected chi connectivity index (χ1v) is 4.81. The summed E-state index contributed by atoms with van der Waals surface area (Å²) in [6.45, 7) is 6.06. The predicted octanol–water partition coefficient (Wildman–Crippen LogP) is 0.438. The first-order valence-electron chi connectivity index (χ1n) is 4.81. The highest BCUT2D eigenvalue weighted by Crippen LogP contribution is 1.99. The third kappa shape index (κ3) is 6.95. The number of unbranched alkanes of at least 4 members (excludes halogenated alkanes) is 1. The van der Waals surface area contributed by atoms with E-state index in [1.54, 1.807) is 13.8 Å². The number of rotatable bonds is 7. The maximum atomic E-state index is 9.39. The van der Waals surface area contributed by atoms with Crippen LogP contribution in [0.1, 0.15) is 33.6 Å². The van der Waals surface area contributed by atoms with Crippen LogP contribution in [0.2, 0.25) is 0 Å². The second kappa shape index (κ2) is 7.26. The van der Waals surface area contributed by atoms with Gasteiger partial charge in [0.15, 0.2) is 0 Å². The van der Waals surface area contributed by atoms with Crippen LogP contribution in [-0.4, -0.2) is 35.4 Å². The third-order valence-corrected chi connectivity index (χ3v) is 1.74. The molecule has 0 aromatic rings. The summed E-state index contributed by atoms with van der Waals surface area (Å²) in [6, 6.07) is 0. The van der Waals surface area contributed by atoms with Crippen LogP contribution in [-0.2, 0) is 4.74 Å². The van der Waals surface area contributed by atoms with Gasteiger partial charge in [0.25, 0.3) is 0 Å². The second-order valence-corrected chi connectivity index (χ2v) is 3.22. The standard InChI is InChI=1S/C9H21NO3/c1-4-5-6-13-7(2)9(12)10-8(3)11/h7-12H,4-6H2,1-3H3. The van der Waals surface area contributed by atoms with E-state index < -0.39 is 12.5 Å². The molecule has 0 saturated carbocycles. The van der Waals surface area contributed by atoms with Gasteiger partial charge in [0.1, 0.15) is 12.5 Å². The molecule has 0 aliphatic rings. The van der Waals surface area contributed by atoms with E-state index in [0.717, 1.165) is 12.8 Å². The highest BCUT2D eigenvalue weighted by molar-refractivity contribution is 4.61. The van der Waals surface area contributed by atoms with E-state index in [2.05, 4.69) is 12.2 Å². The highest BCUT2D eigenvalue weighted by atomic mass is 16.5. The molecule has 0 rings (SSSR count). The lowest BCUT2D eigenvalue weighted by Gasteiger charge is -2.21. The molecule has 0 saturated heterocycles. The Balaban J connectivity index is 3.50. The van der Waals surface area contributed by atoms with Crippen LogP contribution < -0.4 is 5.32 Å². The van der Waals surface area contributed by atoms with Gasteiger partial charge in [0.05, 0.1) is 6.10 Å². The van der Waals surface area contributed by atoms with Gasteiger partial charge >= 0.3 is 0 Å². The molecule has 0 aliphatic heterocycles. The average Bonchev–Trinajstić information content (AvgIpc) is 2.03. The SMILES string of the molecule is CCCCOC(C)C(O)NC(C)O. The van der Waals surface area contributed by atoms with E-state index in [1.807, 2.05) is 0 Å². The summed E-state index contributed by atoms with van der Waals surface area (Å²) in [6.07, 6.45) is 0.253. The molecule has 0 heterocycles. The lowest BCUT2D eigenvalue weighted by atomic mass is 10.3. The fourth-order valence-corrected chi connectivity index (χ4v) is 0.887. The first kappa shape index (κ1) is 12.8. The van der Waals surface area contributed by atoms with Gasteiger partial charge in [-0.25, -0.2) is 0 Å². The van der Waals surface area contributed by atoms with Crippen LogP contribution in [0.15, 0.2) is 0 Å². The van der Waals surface area contributed by atoms with Crippen LogP contribution in [0.25, 0.3) is 0 Å². The summed E-state index contributed by atoms with van der Waals surface area (Å²) in [7, 11) is 0. The molecule has 0 aromatic heterocycles. The van der Waals surface area contributed by atoms with Crippen molar-refractivity contribution < 1.29 is 14.9 Å². The Morgan fingerprint density at radius 3 is 2.38 bits per heavy atom. The van der Waals surface area contributed by atoms with Crippen molar-refractivity contribution >= 4 is 0 Å². The summed E-state index contributed by atoms with van der Waals surface area (Å²) < 4.78 is 5.32. The molecule has 0 radical (unpaired) electrons. The predicted molar refractivity (Wildman–Crippen MR) is 51.1 cm³/mol. The Hall–Kier alpha value is -0.160. The summed E-state index contributed by atoms with van der Waals surface area (Å²) in [5.74, 6) is 0. The van der Waals surface area contributed by atoms with Crippen LogP contribution in [0.3, 0.4) is 0 Å². The minimum absolute atomic E-state index is 0.291. The number of ether oxygens (including phenoxy) is 1. The van der Waals surface area contributed by atoms with Crippen LogP contribution in [0.4, 0.5) is 0 Å². The minimum Gasteiger partial charge on any atom is -0.379 e. The average molecular weight is 191 g/mol. The quantitative estimate of drug-likeness (QED) is 0.403. The monoisotopic (exact) mass is 191 g/mol. The molecule has 0 bridgehead atoms. The molecule has 3 unspecified atom stereocenters. The lowest BCUT2D eigenvalue weighted by molar-refractivity contribution is -0.0628. The van der Waals surface area contributed by atoms with Crippen molar-refractivity contribution in [2.75, 3.05) is 6.61 Å². The summed E-state index contributed by atoms with van der Waals surface area (Å²) in [5.41, 5.74) is 0. The number of hydrogen-bond acceptors (Lipinski definition) is 4. The lowest BCUT2D eigenvalue weighted by Crippen LogP contribution is -2.44. The molecular weight excluding hydrogens is 170 g/mol. The van der Waals surface area contributed by atoms with E-state index in [-0.39, 0.29) is 6.10 Å². The van der Waals surface area contributed by atoms with Gasteiger partial charge < -0.3 is 14.9 Å². The number of hydrogen-bond donors (Lipinski definition) is 3. The summed E-state index contributed by atoms with van der Waals surface area (Å²) in [5, 5.41) is 20.9. The van der Waals surface area contributed by atoms with Crippen LogP contribution >= 0.6 is 0 Å². The van der Waals surface area contributed by atoms with Gasteiger partial charge in [0, 0.05) is 6.61 Å². The maximum Gasteiger partial charge on any atom is 0.133 e. The van der Waals surface area contributed by atoms with Crippen molar-refractivity contribution in [2.45, 2.75) is 52.2 Å². The van der Waals surface area contributed by atoms with Gasteiger partial charge in [-0.2, -0.15) is 0 Å². The van der Waals surface area contributed by atoms with E-state index in [0.29, 0.717) is 6.61 Å². The van der Waals surface area contributed by atoms with Crippen molar-refractivity contribution in [1.82, 2.24) is 5.32 Å². The smallest absolute Gasteiger partial charge is 0.133 e. The van der Waals surface area contributed by atoms with Gasteiger partial charge in [-0.1, -0.05) is 13.3 Å². The molecular formula is C9H21NO3. The molecule has 4 heteroatoms. The van der Waals surface area contributed by atoms with Gasteiger partial charge in [0.2, 0.25) is 0 Å². The Morgan fingerprint density at radius 2 is 1.92 bits per heavy atom. The molecule has 3 N–H and O–H groups in total. The molecule has 0 amide bonds. The van der Waals surface area contributed by atoms with Gasteiger partial charge in [-0.05, 0) is 20.3 Å². The van der Waals surface area contributed by atoms with Gasteiger partial charge in [-0.3, -0.25) is 5.32 Å². The zero-order chi connectivity index (χ0) is 10.3. The molecule has 0 aliphatic carbocycles. The Morgan fingerprint density at radius 1 is 1.31 bits per heavy atom. The van der Waals surface area contributed by atoms with E-state index in [4.69, 9.17) is 9.84 Å². The van der Waals surface area contributed by atoms with E-state index >= 15 is 0 Å². The Bertz CT molecular complexity index is 119. The third-order valence-electron chi connectivity index (χ3n) is 1.74. The fraction of sp³-hybridized carbons (Fsp3) is 1.00. The van der Waals surface area contributed by atoms with Crippen molar-refractivity contribution in [3.8, 4) is 0 Å². The zero-order valence-electron chi connectivity index (χ0n) is 8.66. The molecule has 0 spiro atoms. The van der Waals surface area contributed by atoms with Crippen molar-refractivity contribution in [2.24, 2.45) is 0 Å². The zero-order valence-corrected chi connectivity index (χ0v) is 8.66. The van der Waals surface area contributed by atoms with Crippen molar-refractivity contribution in [3.05, 3.63) is 0 Å². The maximum absolute atomic E-state index is 9.39. The normalized spacial score (nSPS) is 18.2. The number of nitrogens with one attached hydrogen (secondary N) is 1. The fourth-order valence-electron chi connectivity index (χ4n) is 0.887. The summed E-state index contributed by atoms with van der Waals surface area (Å²) in [4.78, 5) is 0. The molecule has 0 fully saturated rings. The van der Waals surface area contributed by atoms with Crippen molar-refractivity contribution in [3.63, 3.8) is 0 Å². The van der Waals surface area contributed by atoms with E-state index in [1.165, 1.54) is 0 Å². The first-order chi connectivity index (χ1) is 6.07. The van der Waals surface area contributed by atoms with Gasteiger partial charge in [-0.15, -0.1) is 0 Å². The Labute approximate surface area is 79.9 Å². The van der Waals surface area contributed by atoms with E-state index in [9.17, 15) is 5.11 Å². The number of aliphatic hydroxyl groups excluding tert-OH is 2.